The molecule has 0 atom stereocenters. The molecule has 0 fully saturated rings. The molecule has 0 aliphatic rings. The number of halogens is 1. The number of nitrogens with one attached hydrogen (secondary N) is 1. The maximum absolute atomic E-state index is 13.5. The van der Waals surface area contributed by atoms with Gasteiger partial charge in [0.05, 0.1) is 0 Å². The van der Waals surface area contributed by atoms with Crippen LogP contribution < -0.4 is 11.1 Å². The Morgan fingerprint density at radius 1 is 1.08 bits per heavy atom. The highest BCUT2D eigenvalue weighted by Gasteiger charge is 2.10. The molecule has 2 rings (SSSR count). The average Bonchev–Trinajstić information content (AvgIpc) is 2.62. The third kappa shape index (κ3) is 6.29. The van der Waals surface area contributed by atoms with Gasteiger partial charge in [-0.3, -0.25) is 4.79 Å². The molecule has 0 saturated carbocycles. The van der Waals surface area contributed by atoms with Gasteiger partial charge in [-0.25, -0.2) is 4.39 Å². The zero-order valence-electron chi connectivity index (χ0n) is 14.7. The van der Waals surface area contributed by atoms with E-state index in [1.165, 1.54) is 11.6 Å². The molecular weight excluding hydrogens is 317 g/mol. The summed E-state index contributed by atoms with van der Waals surface area (Å²) >= 11 is 0. The van der Waals surface area contributed by atoms with Gasteiger partial charge in [-0.15, -0.1) is 0 Å². The molecule has 3 N–H and O–H groups in total. The summed E-state index contributed by atoms with van der Waals surface area (Å²) in [6.45, 7) is 4.45. The second-order valence-electron chi connectivity index (χ2n) is 6.08. The summed E-state index contributed by atoms with van der Waals surface area (Å²) in [6.07, 6.45) is 1.27. The van der Waals surface area contributed by atoms with Gasteiger partial charge in [0.1, 0.15) is 5.82 Å². The molecule has 0 radical (unpaired) electrons. The summed E-state index contributed by atoms with van der Waals surface area (Å²) in [5, 5.41) is 2.79. The minimum atomic E-state index is -0.314. The van der Waals surface area contributed by atoms with Crippen LogP contribution >= 0.6 is 0 Å². The standard InChI is InChI=1S/C20H26FN3O/c1-16-18(21)8-5-9-19(16)23-20(25)11-14-24(15-12-22)13-10-17-6-3-2-4-7-17/h2-9H,10-15,22H2,1H3,(H,23,25). The largest absolute Gasteiger partial charge is 0.329 e. The van der Waals surface area contributed by atoms with E-state index in [1.807, 2.05) is 18.2 Å². The molecular formula is C20H26FN3O. The summed E-state index contributed by atoms with van der Waals surface area (Å²) in [7, 11) is 0. The van der Waals surface area contributed by atoms with Crippen molar-refractivity contribution in [2.45, 2.75) is 19.8 Å². The predicted octanol–water partition coefficient (Wildman–Crippen LogP) is 2.97. The van der Waals surface area contributed by atoms with E-state index in [9.17, 15) is 9.18 Å². The number of nitrogens with zero attached hydrogens (tertiary/aromatic N) is 1. The topological polar surface area (TPSA) is 58.4 Å². The fourth-order valence-corrected chi connectivity index (χ4v) is 2.67. The van der Waals surface area contributed by atoms with Gasteiger partial charge in [0.2, 0.25) is 5.91 Å². The Morgan fingerprint density at radius 2 is 1.84 bits per heavy atom. The average molecular weight is 343 g/mol. The van der Waals surface area contributed by atoms with Gasteiger partial charge in [0, 0.05) is 43.9 Å². The Labute approximate surface area is 148 Å². The molecule has 0 bridgehead atoms. The van der Waals surface area contributed by atoms with Gasteiger partial charge in [-0.1, -0.05) is 36.4 Å². The van der Waals surface area contributed by atoms with Gasteiger partial charge < -0.3 is 16.0 Å². The molecule has 4 nitrogen and oxygen atoms in total. The minimum Gasteiger partial charge on any atom is -0.329 e. The highest BCUT2D eigenvalue weighted by atomic mass is 19.1. The van der Waals surface area contributed by atoms with Crippen molar-refractivity contribution >= 4 is 11.6 Å². The third-order valence-corrected chi connectivity index (χ3v) is 4.20. The summed E-state index contributed by atoms with van der Waals surface area (Å²) in [5.41, 5.74) is 7.93. The number of hydrogen-bond acceptors (Lipinski definition) is 3. The predicted molar refractivity (Wildman–Crippen MR) is 100 cm³/mol. The smallest absolute Gasteiger partial charge is 0.225 e. The number of rotatable bonds is 9. The Balaban J connectivity index is 1.83. The summed E-state index contributed by atoms with van der Waals surface area (Å²) in [4.78, 5) is 14.4. The molecule has 0 aromatic heterocycles. The molecule has 0 spiro atoms. The lowest BCUT2D eigenvalue weighted by molar-refractivity contribution is -0.116. The van der Waals surface area contributed by atoms with E-state index in [2.05, 4.69) is 22.3 Å². The summed E-state index contributed by atoms with van der Waals surface area (Å²) in [6, 6.07) is 14.9. The second kappa shape index (κ2) is 9.91. The van der Waals surface area contributed by atoms with Gasteiger partial charge in [-0.2, -0.15) is 0 Å². The van der Waals surface area contributed by atoms with Crippen molar-refractivity contribution < 1.29 is 9.18 Å². The van der Waals surface area contributed by atoms with Crippen LogP contribution in [0.15, 0.2) is 48.5 Å². The van der Waals surface area contributed by atoms with Gasteiger partial charge in [-0.05, 0) is 31.0 Å². The first-order valence-corrected chi connectivity index (χ1v) is 8.61. The summed E-state index contributed by atoms with van der Waals surface area (Å²) < 4.78 is 13.5. The first-order valence-electron chi connectivity index (χ1n) is 8.61. The van der Waals surface area contributed by atoms with Crippen LogP contribution in [-0.4, -0.2) is 37.0 Å². The number of hydrogen-bond donors (Lipinski definition) is 2. The maximum atomic E-state index is 13.5. The van der Waals surface area contributed by atoms with Crippen molar-refractivity contribution in [3.05, 3.63) is 65.5 Å². The summed E-state index contributed by atoms with van der Waals surface area (Å²) in [5.74, 6) is -0.430. The molecule has 2 aromatic rings. The Hall–Kier alpha value is -2.24. The van der Waals surface area contributed by atoms with Crippen LogP contribution in [0.4, 0.5) is 10.1 Å². The normalized spacial score (nSPS) is 10.9. The van der Waals surface area contributed by atoms with E-state index in [0.717, 1.165) is 19.5 Å². The molecule has 134 valence electrons. The van der Waals surface area contributed by atoms with E-state index in [4.69, 9.17) is 5.73 Å². The number of nitrogens with two attached hydrogens (primary N) is 1. The first kappa shape index (κ1) is 19.1. The van der Waals surface area contributed by atoms with Crippen LogP contribution in [0.3, 0.4) is 0 Å². The molecule has 0 heterocycles. The van der Waals surface area contributed by atoms with Crippen LogP contribution in [-0.2, 0) is 11.2 Å². The van der Waals surface area contributed by atoms with Crippen LogP contribution in [0.5, 0.6) is 0 Å². The van der Waals surface area contributed by atoms with Crippen LogP contribution in [0.1, 0.15) is 17.5 Å². The quantitative estimate of drug-likeness (QED) is 0.736. The fourth-order valence-electron chi connectivity index (χ4n) is 2.67. The first-order chi connectivity index (χ1) is 12.1. The third-order valence-electron chi connectivity index (χ3n) is 4.20. The van der Waals surface area contributed by atoms with Crippen molar-refractivity contribution in [2.75, 3.05) is 31.5 Å². The molecule has 5 heteroatoms. The lowest BCUT2D eigenvalue weighted by Crippen LogP contribution is -2.34. The highest BCUT2D eigenvalue weighted by molar-refractivity contribution is 5.91. The zero-order chi connectivity index (χ0) is 18.1. The number of amides is 1. The van der Waals surface area contributed by atoms with Gasteiger partial charge in [0.25, 0.3) is 0 Å². The molecule has 25 heavy (non-hydrogen) atoms. The number of anilines is 1. The van der Waals surface area contributed by atoms with Gasteiger partial charge >= 0.3 is 0 Å². The van der Waals surface area contributed by atoms with Gasteiger partial charge in [0.15, 0.2) is 0 Å². The number of carbonyl (C=O) groups is 1. The molecule has 1 amide bonds. The Kier molecular flexibility index (Phi) is 7.57. The van der Waals surface area contributed by atoms with Crippen LogP contribution in [0.2, 0.25) is 0 Å². The fraction of sp³-hybridized carbons (Fsp3) is 0.350. The van der Waals surface area contributed by atoms with E-state index >= 15 is 0 Å². The Bertz CT molecular complexity index is 676. The van der Waals surface area contributed by atoms with Crippen molar-refractivity contribution in [1.82, 2.24) is 4.90 Å². The Morgan fingerprint density at radius 3 is 2.56 bits per heavy atom. The molecule has 0 saturated heterocycles. The highest BCUT2D eigenvalue weighted by Crippen LogP contribution is 2.17. The number of carbonyl (C=O) groups excluding carboxylic acids is 1. The monoisotopic (exact) mass is 343 g/mol. The number of benzene rings is 2. The van der Waals surface area contributed by atoms with Crippen molar-refractivity contribution in [2.24, 2.45) is 5.73 Å². The van der Waals surface area contributed by atoms with Crippen molar-refractivity contribution in [3.63, 3.8) is 0 Å². The molecule has 2 aromatic carbocycles. The molecule has 0 aliphatic heterocycles. The van der Waals surface area contributed by atoms with Crippen LogP contribution in [0.25, 0.3) is 0 Å². The zero-order valence-corrected chi connectivity index (χ0v) is 14.7. The maximum Gasteiger partial charge on any atom is 0.225 e. The molecule has 0 aliphatic carbocycles. The van der Waals surface area contributed by atoms with E-state index in [1.54, 1.807) is 19.1 Å². The van der Waals surface area contributed by atoms with Crippen molar-refractivity contribution in [3.8, 4) is 0 Å². The van der Waals surface area contributed by atoms with Crippen LogP contribution in [0, 0.1) is 12.7 Å². The SMILES string of the molecule is Cc1c(F)cccc1NC(=O)CCN(CCN)CCc1ccccc1. The molecule has 0 unspecified atom stereocenters. The lowest BCUT2D eigenvalue weighted by atomic mass is 10.1. The minimum absolute atomic E-state index is 0.115. The van der Waals surface area contributed by atoms with Crippen molar-refractivity contribution in [1.29, 1.82) is 0 Å². The lowest BCUT2D eigenvalue weighted by Gasteiger charge is -2.21. The van der Waals surface area contributed by atoms with E-state index in [0.29, 0.717) is 30.8 Å². The second-order valence-corrected chi connectivity index (χ2v) is 6.08. The van der Waals surface area contributed by atoms with E-state index in [-0.39, 0.29) is 11.7 Å². The van der Waals surface area contributed by atoms with E-state index < -0.39 is 0 Å².